The second-order valence-corrected chi connectivity index (χ2v) is 5.12. The lowest BCUT2D eigenvalue weighted by atomic mass is 10.1. The Morgan fingerprint density at radius 3 is 2.58 bits per heavy atom. The lowest BCUT2D eigenvalue weighted by Crippen LogP contribution is -2.50. The molecule has 0 radical (unpaired) electrons. The van der Waals surface area contributed by atoms with Gasteiger partial charge in [0.1, 0.15) is 0 Å². The van der Waals surface area contributed by atoms with Crippen molar-refractivity contribution >= 4 is 11.8 Å². The molecule has 1 fully saturated rings. The minimum absolute atomic E-state index is 0.116. The number of rotatable bonds is 8. The quantitative estimate of drug-likeness (QED) is 0.678. The average molecular weight is 270 g/mol. The number of nitrogens with two attached hydrogens (primary N) is 1. The van der Waals surface area contributed by atoms with Crippen molar-refractivity contribution in [2.45, 2.75) is 58.0 Å². The summed E-state index contributed by atoms with van der Waals surface area (Å²) in [5.74, 6) is -0.373. The lowest BCUT2D eigenvalue weighted by molar-refractivity contribution is -0.145. The van der Waals surface area contributed by atoms with Gasteiger partial charge in [-0.2, -0.15) is 0 Å². The van der Waals surface area contributed by atoms with Crippen LogP contribution >= 0.6 is 0 Å². The maximum Gasteiger partial charge on any atom is 0.248 e. The maximum atomic E-state index is 12.0. The molecule has 1 rings (SSSR count). The summed E-state index contributed by atoms with van der Waals surface area (Å²) in [5.41, 5.74) is 5.20. The summed E-state index contributed by atoms with van der Waals surface area (Å²) in [6.45, 7) is 3.47. The third kappa shape index (κ3) is 6.05. The van der Waals surface area contributed by atoms with Gasteiger partial charge in [0.05, 0.1) is 13.2 Å². The van der Waals surface area contributed by atoms with Gasteiger partial charge in [-0.25, -0.2) is 0 Å². The Bertz CT molecular complexity index is 294. The van der Waals surface area contributed by atoms with Gasteiger partial charge in [-0.15, -0.1) is 0 Å². The van der Waals surface area contributed by atoms with Crippen LogP contribution in [0, 0.1) is 0 Å². The van der Waals surface area contributed by atoms with Crippen LogP contribution in [-0.4, -0.2) is 42.5 Å². The summed E-state index contributed by atoms with van der Waals surface area (Å²) >= 11 is 0. The van der Waals surface area contributed by atoms with Crippen LogP contribution in [0.25, 0.3) is 0 Å². The fourth-order valence-electron chi connectivity index (χ4n) is 2.26. The first-order chi connectivity index (χ1) is 9.15. The zero-order valence-electron chi connectivity index (χ0n) is 11.9. The summed E-state index contributed by atoms with van der Waals surface area (Å²) in [5, 5.41) is 0. The monoisotopic (exact) mass is 270 g/mol. The molecule has 1 saturated heterocycles. The molecule has 110 valence electrons. The van der Waals surface area contributed by atoms with E-state index in [0.717, 1.165) is 12.8 Å². The molecule has 0 saturated carbocycles. The van der Waals surface area contributed by atoms with Gasteiger partial charge >= 0.3 is 0 Å². The Kier molecular flexibility index (Phi) is 7.48. The van der Waals surface area contributed by atoms with Crippen molar-refractivity contribution < 1.29 is 14.3 Å². The highest BCUT2D eigenvalue weighted by molar-refractivity contribution is 5.81. The minimum Gasteiger partial charge on any atom is -0.367 e. The molecule has 1 aliphatic heterocycles. The molecule has 1 heterocycles. The van der Waals surface area contributed by atoms with E-state index in [1.807, 2.05) is 0 Å². The molecule has 5 heteroatoms. The Balaban J connectivity index is 2.16. The number of ether oxygens (including phenoxy) is 1. The minimum atomic E-state index is -0.637. The molecule has 19 heavy (non-hydrogen) atoms. The molecule has 0 spiro atoms. The van der Waals surface area contributed by atoms with Gasteiger partial charge in [-0.3, -0.25) is 9.59 Å². The number of primary amides is 1. The number of morpholine rings is 1. The van der Waals surface area contributed by atoms with E-state index in [4.69, 9.17) is 10.5 Å². The summed E-state index contributed by atoms with van der Waals surface area (Å²) in [6, 6.07) is 0. The van der Waals surface area contributed by atoms with Crippen LogP contribution < -0.4 is 5.73 Å². The molecular weight excluding hydrogens is 244 g/mol. The summed E-state index contributed by atoms with van der Waals surface area (Å²) < 4.78 is 5.22. The number of amides is 2. The van der Waals surface area contributed by atoms with Crippen molar-refractivity contribution in [3.05, 3.63) is 0 Å². The third-order valence-corrected chi connectivity index (χ3v) is 3.48. The molecule has 5 nitrogen and oxygen atoms in total. The van der Waals surface area contributed by atoms with Gasteiger partial charge in [-0.1, -0.05) is 39.0 Å². The van der Waals surface area contributed by atoms with E-state index in [2.05, 4.69) is 6.92 Å². The summed E-state index contributed by atoms with van der Waals surface area (Å²) in [4.78, 5) is 24.7. The van der Waals surface area contributed by atoms with Crippen molar-refractivity contribution in [3.63, 3.8) is 0 Å². The van der Waals surface area contributed by atoms with Crippen molar-refractivity contribution in [2.24, 2.45) is 5.73 Å². The normalized spacial score (nSPS) is 19.4. The molecule has 1 atom stereocenters. The molecule has 0 aromatic rings. The van der Waals surface area contributed by atoms with Crippen molar-refractivity contribution in [2.75, 3.05) is 19.7 Å². The third-order valence-electron chi connectivity index (χ3n) is 3.48. The Labute approximate surface area is 115 Å². The molecule has 1 aliphatic rings. The first kappa shape index (κ1) is 16.0. The van der Waals surface area contributed by atoms with Crippen LogP contribution in [0.3, 0.4) is 0 Å². The Morgan fingerprint density at radius 1 is 1.21 bits per heavy atom. The Morgan fingerprint density at radius 2 is 1.89 bits per heavy atom. The van der Waals surface area contributed by atoms with Crippen LogP contribution in [0.15, 0.2) is 0 Å². The zero-order chi connectivity index (χ0) is 14.1. The number of hydrogen-bond donors (Lipinski definition) is 1. The molecule has 0 bridgehead atoms. The van der Waals surface area contributed by atoms with Crippen LogP contribution in [0.1, 0.15) is 51.9 Å². The van der Waals surface area contributed by atoms with Gasteiger partial charge in [0.2, 0.25) is 11.8 Å². The van der Waals surface area contributed by atoms with Crippen LogP contribution in [0.4, 0.5) is 0 Å². The fourth-order valence-corrected chi connectivity index (χ4v) is 2.26. The molecule has 0 aliphatic carbocycles. The average Bonchev–Trinajstić information content (AvgIpc) is 2.42. The standard InChI is InChI=1S/C14H26N2O3/c1-2-3-4-5-6-7-8-13(17)16-9-10-19-12(11-16)14(15)18/h12H,2-11H2,1H3,(H2,15,18). The van der Waals surface area contributed by atoms with Gasteiger partial charge in [0.25, 0.3) is 0 Å². The van der Waals surface area contributed by atoms with E-state index < -0.39 is 12.0 Å². The highest BCUT2D eigenvalue weighted by Gasteiger charge is 2.27. The van der Waals surface area contributed by atoms with E-state index in [9.17, 15) is 9.59 Å². The molecular formula is C14H26N2O3. The number of carbonyl (C=O) groups is 2. The SMILES string of the molecule is CCCCCCCCC(=O)N1CCOC(C(N)=O)C1. The second kappa shape index (κ2) is 8.91. The van der Waals surface area contributed by atoms with Gasteiger partial charge in [-0.05, 0) is 6.42 Å². The molecule has 1 unspecified atom stereocenters. The number of unbranched alkanes of at least 4 members (excludes halogenated alkanes) is 5. The number of nitrogens with zero attached hydrogens (tertiary/aromatic N) is 1. The van der Waals surface area contributed by atoms with Crippen molar-refractivity contribution in [1.29, 1.82) is 0 Å². The first-order valence-corrected chi connectivity index (χ1v) is 7.33. The van der Waals surface area contributed by atoms with E-state index in [1.165, 1.54) is 25.7 Å². The van der Waals surface area contributed by atoms with Gasteiger partial charge in [0.15, 0.2) is 6.10 Å². The number of carbonyl (C=O) groups excluding carboxylic acids is 2. The van der Waals surface area contributed by atoms with Crippen molar-refractivity contribution in [3.8, 4) is 0 Å². The van der Waals surface area contributed by atoms with Gasteiger partial charge < -0.3 is 15.4 Å². The highest BCUT2D eigenvalue weighted by Crippen LogP contribution is 2.11. The topological polar surface area (TPSA) is 72.6 Å². The van der Waals surface area contributed by atoms with E-state index in [0.29, 0.717) is 26.1 Å². The molecule has 0 aromatic heterocycles. The van der Waals surface area contributed by atoms with Crippen LogP contribution in [-0.2, 0) is 14.3 Å². The molecule has 2 amide bonds. The Hall–Kier alpha value is -1.10. The predicted octanol–water partition coefficient (Wildman–Crippen LogP) is 1.45. The van der Waals surface area contributed by atoms with Crippen molar-refractivity contribution in [1.82, 2.24) is 4.90 Å². The fraction of sp³-hybridized carbons (Fsp3) is 0.857. The summed E-state index contributed by atoms with van der Waals surface area (Å²) in [7, 11) is 0. The smallest absolute Gasteiger partial charge is 0.248 e. The zero-order valence-corrected chi connectivity index (χ0v) is 11.9. The second-order valence-electron chi connectivity index (χ2n) is 5.12. The highest BCUT2D eigenvalue weighted by atomic mass is 16.5. The lowest BCUT2D eigenvalue weighted by Gasteiger charge is -2.31. The van der Waals surface area contributed by atoms with E-state index in [1.54, 1.807) is 4.90 Å². The van der Waals surface area contributed by atoms with Gasteiger partial charge in [0, 0.05) is 13.0 Å². The first-order valence-electron chi connectivity index (χ1n) is 7.33. The predicted molar refractivity (Wildman–Crippen MR) is 73.5 cm³/mol. The van der Waals surface area contributed by atoms with E-state index >= 15 is 0 Å². The summed E-state index contributed by atoms with van der Waals surface area (Å²) in [6.07, 6.45) is 6.94. The molecule has 0 aromatic carbocycles. The van der Waals surface area contributed by atoms with E-state index in [-0.39, 0.29) is 5.91 Å². The largest absolute Gasteiger partial charge is 0.367 e. The number of hydrogen-bond acceptors (Lipinski definition) is 3. The molecule has 2 N–H and O–H groups in total. The van der Waals surface area contributed by atoms with Crippen LogP contribution in [0.2, 0.25) is 0 Å². The maximum absolute atomic E-state index is 12.0. The van der Waals surface area contributed by atoms with Crippen LogP contribution in [0.5, 0.6) is 0 Å².